The van der Waals surface area contributed by atoms with Crippen molar-refractivity contribution >= 4 is 23.4 Å². The molecule has 19 heavy (non-hydrogen) atoms. The Hall–Kier alpha value is -1.86. The maximum atomic E-state index is 13.0. The SMILES string of the molecule is O=C1NCC(O)C1C(=O)NOc1cc(F)cc(Cl)c1. The number of carbonyl (C=O) groups excluding carboxylic acids is 2. The number of β-amino-alcohol motifs (C(OH)–C–C–N with tert-alkyl or cyclic N) is 1. The Morgan fingerprint density at radius 1 is 1.53 bits per heavy atom. The molecule has 0 aliphatic carbocycles. The smallest absolute Gasteiger partial charge is 0.267 e. The van der Waals surface area contributed by atoms with Crippen molar-refractivity contribution in [3.05, 3.63) is 29.0 Å². The lowest BCUT2D eigenvalue weighted by atomic mass is 10.1. The van der Waals surface area contributed by atoms with Gasteiger partial charge >= 0.3 is 0 Å². The molecule has 102 valence electrons. The van der Waals surface area contributed by atoms with E-state index < -0.39 is 29.7 Å². The molecule has 0 radical (unpaired) electrons. The van der Waals surface area contributed by atoms with Crippen LogP contribution in [0.2, 0.25) is 5.02 Å². The average molecular weight is 289 g/mol. The first kappa shape index (κ1) is 13.6. The van der Waals surface area contributed by atoms with E-state index >= 15 is 0 Å². The van der Waals surface area contributed by atoms with Gasteiger partial charge in [0.2, 0.25) is 5.91 Å². The van der Waals surface area contributed by atoms with Crippen molar-refractivity contribution in [2.45, 2.75) is 6.10 Å². The molecular formula is C11H10ClFN2O4. The van der Waals surface area contributed by atoms with Crippen LogP contribution < -0.4 is 15.6 Å². The van der Waals surface area contributed by atoms with Gasteiger partial charge in [-0.3, -0.25) is 9.59 Å². The van der Waals surface area contributed by atoms with Gasteiger partial charge in [0.15, 0.2) is 5.75 Å². The Labute approximate surface area is 112 Å². The number of rotatable bonds is 3. The van der Waals surface area contributed by atoms with E-state index in [2.05, 4.69) is 5.32 Å². The fraction of sp³-hybridized carbons (Fsp3) is 0.273. The van der Waals surface area contributed by atoms with Gasteiger partial charge in [-0.15, -0.1) is 0 Å². The van der Waals surface area contributed by atoms with E-state index in [0.717, 1.165) is 12.1 Å². The number of benzene rings is 1. The Morgan fingerprint density at radius 3 is 2.84 bits per heavy atom. The summed E-state index contributed by atoms with van der Waals surface area (Å²) in [6, 6.07) is 3.37. The molecule has 1 saturated heterocycles. The Morgan fingerprint density at radius 2 is 2.26 bits per heavy atom. The molecule has 1 aromatic carbocycles. The number of carbonyl (C=O) groups is 2. The van der Waals surface area contributed by atoms with Gasteiger partial charge in [0.05, 0.1) is 6.10 Å². The Bertz CT molecular complexity index is 505. The first-order valence-electron chi connectivity index (χ1n) is 5.36. The van der Waals surface area contributed by atoms with Crippen LogP contribution in [0.25, 0.3) is 0 Å². The number of hydrogen-bond acceptors (Lipinski definition) is 4. The Balaban J connectivity index is 1.98. The second kappa shape index (κ2) is 5.41. The van der Waals surface area contributed by atoms with Gasteiger partial charge in [-0.2, -0.15) is 5.48 Å². The number of aliphatic hydroxyl groups is 1. The van der Waals surface area contributed by atoms with Crippen LogP contribution in [-0.4, -0.2) is 29.6 Å². The van der Waals surface area contributed by atoms with Crippen molar-refractivity contribution in [3.8, 4) is 5.75 Å². The first-order valence-corrected chi connectivity index (χ1v) is 5.74. The van der Waals surface area contributed by atoms with E-state index in [1.165, 1.54) is 6.07 Å². The molecule has 2 unspecified atom stereocenters. The maximum Gasteiger partial charge on any atom is 0.267 e. The lowest BCUT2D eigenvalue weighted by Gasteiger charge is -2.12. The van der Waals surface area contributed by atoms with Gasteiger partial charge in [-0.25, -0.2) is 4.39 Å². The van der Waals surface area contributed by atoms with E-state index in [1.807, 2.05) is 5.48 Å². The molecule has 1 aliphatic rings. The summed E-state index contributed by atoms with van der Waals surface area (Å²) in [5.41, 5.74) is 1.97. The molecule has 3 N–H and O–H groups in total. The number of hydrogen-bond donors (Lipinski definition) is 3. The molecule has 0 spiro atoms. The number of nitrogens with one attached hydrogen (secondary N) is 2. The van der Waals surface area contributed by atoms with Crippen LogP contribution in [0.4, 0.5) is 4.39 Å². The fourth-order valence-electron chi connectivity index (χ4n) is 1.66. The highest BCUT2D eigenvalue weighted by Crippen LogP contribution is 2.19. The summed E-state index contributed by atoms with van der Waals surface area (Å²) in [5.74, 6) is -3.31. The highest BCUT2D eigenvalue weighted by atomic mass is 35.5. The molecule has 1 fully saturated rings. The third-order valence-electron chi connectivity index (χ3n) is 2.54. The van der Waals surface area contributed by atoms with E-state index in [4.69, 9.17) is 16.4 Å². The molecule has 8 heteroatoms. The van der Waals surface area contributed by atoms with Crippen LogP contribution >= 0.6 is 11.6 Å². The van der Waals surface area contributed by atoms with Gasteiger partial charge in [0.25, 0.3) is 5.91 Å². The van der Waals surface area contributed by atoms with E-state index in [-0.39, 0.29) is 17.3 Å². The van der Waals surface area contributed by atoms with Crippen LogP contribution in [0.3, 0.4) is 0 Å². The van der Waals surface area contributed by atoms with Crippen molar-refractivity contribution in [3.63, 3.8) is 0 Å². The number of halogens is 2. The topological polar surface area (TPSA) is 87.7 Å². The zero-order valence-corrected chi connectivity index (χ0v) is 10.3. The first-order chi connectivity index (χ1) is 8.97. The monoisotopic (exact) mass is 288 g/mol. The number of aliphatic hydroxyl groups excluding tert-OH is 1. The summed E-state index contributed by atoms with van der Waals surface area (Å²) in [6.07, 6.45) is -1.12. The molecule has 1 aliphatic heterocycles. The maximum absolute atomic E-state index is 13.0. The average Bonchev–Trinajstić information content (AvgIpc) is 2.65. The van der Waals surface area contributed by atoms with E-state index in [9.17, 15) is 19.1 Å². The summed E-state index contributed by atoms with van der Waals surface area (Å²) in [5, 5.41) is 11.9. The predicted octanol–water partition coefficient (Wildman–Crippen LogP) is -0.00400. The molecule has 0 saturated carbocycles. The third-order valence-corrected chi connectivity index (χ3v) is 2.76. The lowest BCUT2D eigenvalue weighted by Crippen LogP contribution is -2.40. The molecule has 1 heterocycles. The van der Waals surface area contributed by atoms with Crippen LogP contribution in [0.15, 0.2) is 18.2 Å². The summed E-state index contributed by atoms with van der Waals surface area (Å²) < 4.78 is 13.0. The quantitative estimate of drug-likeness (QED) is 0.539. The molecule has 2 rings (SSSR count). The fourth-order valence-corrected chi connectivity index (χ4v) is 1.87. The normalized spacial score (nSPS) is 21.9. The predicted molar refractivity (Wildman–Crippen MR) is 62.7 cm³/mol. The molecule has 1 aromatic rings. The summed E-state index contributed by atoms with van der Waals surface area (Å²) in [7, 11) is 0. The van der Waals surface area contributed by atoms with E-state index in [0.29, 0.717) is 0 Å². The largest absolute Gasteiger partial charge is 0.390 e. The van der Waals surface area contributed by atoms with E-state index in [1.54, 1.807) is 0 Å². The van der Waals surface area contributed by atoms with Crippen molar-refractivity contribution in [1.82, 2.24) is 10.8 Å². The van der Waals surface area contributed by atoms with Crippen LogP contribution in [0.1, 0.15) is 0 Å². The van der Waals surface area contributed by atoms with Crippen molar-refractivity contribution in [2.75, 3.05) is 6.54 Å². The van der Waals surface area contributed by atoms with Gasteiger partial charge in [-0.05, 0) is 6.07 Å². The summed E-state index contributed by atoms with van der Waals surface area (Å²) in [6.45, 7) is 0.00269. The zero-order chi connectivity index (χ0) is 14.0. The third kappa shape index (κ3) is 3.12. The van der Waals surface area contributed by atoms with Crippen molar-refractivity contribution in [1.29, 1.82) is 0 Å². The summed E-state index contributed by atoms with van der Waals surface area (Å²) in [4.78, 5) is 27.7. The highest BCUT2D eigenvalue weighted by Gasteiger charge is 2.39. The highest BCUT2D eigenvalue weighted by molar-refractivity contribution is 6.30. The molecule has 0 aromatic heterocycles. The molecule has 0 bridgehead atoms. The van der Waals surface area contributed by atoms with Gasteiger partial charge in [0, 0.05) is 23.7 Å². The van der Waals surface area contributed by atoms with Gasteiger partial charge in [0.1, 0.15) is 11.7 Å². The molecule has 2 atom stereocenters. The van der Waals surface area contributed by atoms with Gasteiger partial charge in [-0.1, -0.05) is 11.6 Å². The minimum atomic E-state index is -1.25. The number of amides is 2. The minimum Gasteiger partial charge on any atom is -0.390 e. The van der Waals surface area contributed by atoms with Crippen molar-refractivity contribution < 1.29 is 23.9 Å². The minimum absolute atomic E-state index is 0.00269. The molecule has 6 nitrogen and oxygen atoms in total. The van der Waals surface area contributed by atoms with Crippen LogP contribution in [-0.2, 0) is 9.59 Å². The Kier molecular flexibility index (Phi) is 3.87. The van der Waals surface area contributed by atoms with Crippen LogP contribution in [0, 0.1) is 11.7 Å². The summed E-state index contributed by atoms with van der Waals surface area (Å²) >= 11 is 5.60. The lowest BCUT2D eigenvalue weighted by molar-refractivity contribution is -0.140. The van der Waals surface area contributed by atoms with Crippen LogP contribution in [0.5, 0.6) is 5.75 Å². The second-order valence-electron chi connectivity index (χ2n) is 3.96. The van der Waals surface area contributed by atoms with Gasteiger partial charge < -0.3 is 15.3 Å². The standard InChI is InChI=1S/C11H10ClFN2O4/c12-5-1-6(13)3-7(2-5)19-15-11(18)9-8(16)4-14-10(9)17/h1-3,8-9,16H,4H2,(H,14,17)(H,15,18). The zero-order valence-electron chi connectivity index (χ0n) is 9.52. The molecule has 2 amide bonds. The number of hydroxylamine groups is 1. The molecular weight excluding hydrogens is 279 g/mol. The van der Waals surface area contributed by atoms with Crippen molar-refractivity contribution in [2.24, 2.45) is 5.92 Å². The second-order valence-corrected chi connectivity index (χ2v) is 4.40.